The summed E-state index contributed by atoms with van der Waals surface area (Å²) >= 11 is 7.68. The van der Waals surface area contributed by atoms with Crippen LogP contribution in [0.15, 0.2) is 59.5 Å². The molecule has 2 aromatic rings. The molecule has 1 aliphatic rings. The summed E-state index contributed by atoms with van der Waals surface area (Å²) in [6.45, 7) is 2.56. The second kappa shape index (κ2) is 13.7. The number of carbonyl (C=O) groups excluding carboxylic acids is 2. The van der Waals surface area contributed by atoms with Crippen LogP contribution in [0, 0.1) is 0 Å². The highest BCUT2D eigenvalue weighted by Gasteiger charge is 2.29. The molecule has 1 N–H and O–H groups in total. The first-order valence-electron chi connectivity index (χ1n) is 12.1. The summed E-state index contributed by atoms with van der Waals surface area (Å²) in [4.78, 5) is 29.4. The number of nitrogens with one attached hydrogen (secondary N) is 1. The lowest BCUT2D eigenvalue weighted by Gasteiger charge is -2.31. The molecule has 2 amide bonds. The van der Waals surface area contributed by atoms with Gasteiger partial charge in [-0.15, -0.1) is 11.8 Å². The molecule has 1 fully saturated rings. The topological polar surface area (TPSA) is 49.4 Å². The molecule has 0 aliphatic heterocycles. The Balaban J connectivity index is 1.59. The molecular formula is C27H35ClN2O2S. The summed E-state index contributed by atoms with van der Waals surface area (Å²) in [5.41, 5.74) is 1.18. The van der Waals surface area contributed by atoms with Gasteiger partial charge in [-0.05, 0) is 67.7 Å². The highest BCUT2D eigenvalue weighted by molar-refractivity contribution is 7.99. The van der Waals surface area contributed by atoms with Crippen LogP contribution in [0.1, 0.15) is 57.4 Å². The van der Waals surface area contributed by atoms with Gasteiger partial charge in [0.05, 0.1) is 0 Å². The average molecular weight is 487 g/mol. The molecule has 33 heavy (non-hydrogen) atoms. The number of nitrogens with zero attached hydrogens (tertiary/aromatic N) is 1. The zero-order valence-corrected chi connectivity index (χ0v) is 21.0. The SMILES string of the molecule is CCC(C(=O)NC1CCCC1)N(CCc1ccccc1)C(=O)CCCSc1ccc(Cl)cc1. The maximum Gasteiger partial charge on any atom is 0.243 e. The largest absolute Gasteiger partial charge is 0.352 e. The van der Waals surface area contributed by atoms with E-state index in [1.165, 1.54) is 18.4 Å². The maximum atomic E-state index is 13.3. The fourth-order valence-corrected chi connectivity index (χ4v) is 5.33. The predicted octanol–water partition coefficient (Wildman–Crippen LogP) is 6.12. The third-order valence-electron chi connectivity index (χ3n) is 6.19. The minimum absolute atomic E-state index is 0.00125. The molecule has 1 unspecified atom stereocenters. The summed E-state index contributed by atoms with van der Waals surface area (Å²) in [5, 5.41) is 3.94. The zero-order chi connectivity index (χ0) is 23.5. The summed E-state index contributed by atoms with van der Waals surface area (Å²) in [5.74, 6) is 0.919. The van der Waals surface area contributed by atoms with Crippen molar-refractivity contribution in [2.75, 3.05) is 12.3 Å². The molecule has 1 saturated carbocycles. The number of rotatable bonds is 12. The lowest BCUT2D eigenvalue weighted by Crippen LogP contribution is -2.51. The lowest BCUT2D eigenvalue weighted by atomic mass is 10.1. The van der Waals surface area contributed by atoms with Crippen LogP contribution < -0.4 is 5.32 Å². The smallest absolute Gasteiger partial charge is 0.243 e. The van der Waals surface area contributed by atoms with Crippen molar-refractivity contribution in [1.29, 1.82) is 0 Å². The molecule has 1 aliphatic carbocycles. The van der Waals surface area contributed by atoms with E-state index in [1.54, 1.807) is 11.8 Å². The Hall–Kier alpha value is -1.98. The van der Waals surface area contributed by atoms with Crippen molar-refractivity contribution in [3.8, 4) is 0 Å². The minimum atomic E-state index is -0.411. The molecule has 0 aromatic heterocycles. The van der Waals surface area contributed by atoms with Crippen LogP contribution in [0.2, 0.25) is 5.02 Å². The van der Waals surface area contributed by atoms with Gasteiger partial charge in [0.15, 0.2) is 0 Å². The number of carbonyl (C=O) groups is 2. The zero-order valence-electron chi connectivity index (χ0n) is 19.5. The molecule has 0 spiro atoms. The third kappa shape index (κ3) is 8.38. The van der Waals surface area contributed by atoms with Crippen LogP contribution in [-0.2, 0) is 16.0 Å². The number of thioether (sulfide) groups is 1. The standard InChI is InChI=1S/C27H35ClN2O2S/c1-2-25(27(32)29-23-11-6-7-12-23)30(19-18-21-9-4-3-5-10-21)26(31)13-8-20-33-24-16-14-22(28)15-17-24/h3-5,9-10,14-17,23,25H,2,6-8,11-13,18-20H2,1H3,(H,29,32). The summed E-state index contributed by atoms with van der Waals surface area (Å²) < 4.78 is 0. The fourth-order valence-electron chi connectivity index (χ4n) is 4.35. The first-order chi connectivity index (χ1) is 16.1. The molecule has 0 saturated heterocycles. The first-order valence-corrected chi connectivity index (χ1v) is 13.4. The monoisotopic (exact) mass is 486 g/mol. The van der Waals surface area contributed by atoms with Crippen molar-refractivity contribution >= 4 is 35.2 Å². The molecule has 6 heteroatoms. The molecule has 178 valence electrons. The van der Waals surface area contributed by atoms with Crippen LogP contribution in [0.4, 0.5) is 0 Å². The van der Waals surface area contributed by atoms with Crippen molar-refractivity contribution < 1.29 is 9.59 Å². The Morgan fingerprint density at radius 3 is 2.45 bits per heavy atom. The summed E-state index contributed by atoms with van der Waals surface area (Å²) in [6, 6.07) is 17.8. The van der Waals surface area contributed by atoms with Gasteiger partial charge in [-0.3, -0.25) is 9.59 Å². The van der Waals surface area contributed by atoms with Crippen LogP contribution in [0.25, 0.3) is 0 Å². The van der Waals surface area contributed by atoms with Crippen molar-refractivity contribution in [1.82, 2.24) is 10.2 Å². The number of hydrogen-bond acceptors (Lipinski definition) is 3. The van der Waals surface area contributed by atoms with Gasteiger partial charge in [0, 0.05) is 28.9 Å². The van der Waals surface area contributed by atoms with E-state index in [0.717, 1.165) is 41.4 Å². The van der Waals surface area contributed by atoms with Gasteiger partial charge in [0.25, 0.3) is 0 Å². The van der Waals surface area contributed by atoms with Crippen LogP contribution >= 0.6 is 23.4 Å². The third-order valence-corrected chi connectivity index (χ3v) is 7.54. The molecule has 0 heterocycles. The molecule has 0 radical (unpaired) electrons. The van der Waals surface area contributed by atoms with Gasteiger partial charge >= 0.3 is 0 Å². The minimum Gasteiger partial charge on any atom is -0.352 e. The number of benzene rings is 2. The van der Waals surface area contributed by atoms with Gasteiger partial charge in [0.1, 0.15) is 6.04 Å². The highest BCUT2D eigenvalue weighted by atomic mass is 35.5. The van der Waals surface area contributed by atoms with Crippen molar-refractivity contribution in [2.24, 2.45) is 0 Å². The van der Waals surface area contributed by atoms with Gasteiger partial charge < -0.3 is 10.2 Å². The van der Waals surface area contributed by atoms with E-state index in [0.29, 0.717) is 19.4 Å². The fraction of sp³-hybridized carbons (Fsp3) is 0.481. The number of amides is 2. The van der Waals surface area contributed by atoms with E-state index in [1.807, 2.05) is 54.3 Å². The van der Waals surface area contributed by atoms with Crippen molar-refractivity contribution in [2.45, 2.75) is 75.3 Å². The Kier molecular flexibility index (Phi) is 10.6. The van der Waals surface area contributed by atoms with Crippen molar-refractivity contribution in [3.05, 3.63) is 65.2 Å². The quantitative estimate of drug-likeness (QED) is 0.290. The highest BCUT2D eigenvalue weighted by Crippen LogP contribution is 2.22. The Morgan fingerprint density at radius 1 is 1.09 bits per heavy atom. The van der Waals surface area contributed by atoms with Crippen molar-refractivity contribution in [3.63, 3.8) is 0 Å². The van der Waals surface area contributed by atoms with Gasteiger partial charge in [-0.25, -0.2) is 0 Å². The molecule has 4 nitrogen and oxygen atoms in total. The molecular weight excluding hydrogens is 452 g/mol. The molecule has 0 bridgehead atoms. The second-order valence-corrected chi connectivity index (χ2v) is 10.2. The normalized spacial score (nSPS) is 14.7. The van der Waals surface area contributed by atoms with Crippen LogP contribution in [0.5, 0.6) is 0 Å². The van der Waals surface area contributed by atoms with Crippen LogP contribution in [-0.4, -0.2) is 41.1 Å². The van der Waals surface area contributed by atoms with Gasteiger partial charge in [-0.2, -0.15) is 0 Å². The van der Waals surface area contributed by atoms with Gasteiger partial charge in [-0.1, -0.05) is 61.7 Å². The lowest BCUT2D eigenvalue weighted by molar-refractivity contribution is -0.141. The van der Waals surface area contributed by atoms with E-state index in [-0.39, 0.29) is 17.9 Å². The van der Waals surface area contributed by atoms with Crippen LogP contribution in [0.3, 0.4) is 0 Å². The van der Waals surface area contributed by atoms with E-state index >= 15 is 0 Å². The maximum absolute atomic E-state index is 13.3. The van der Waals surface area contributed by atoms with Gasteiger partial charge in [0.2, 0.25) is 11.8 Å². The van der Waals surface area contributed by atoms with E-state index < -0.39 is 6.04 Å². The molecule has 1 atom stereocenters. The summed E-state index contributed by atoms with van der Waals surface area (Å²) in [6.07, 6.45) is 7.02. The van der Waals surface area contributed by atoms with E-state index in [4.69, 9.17) is 11.6 Å². The molecule has 2 aromatic carbocycles. The predicted molar refractivity (Wildman–Crippen MR) is 138 cm³/mol. The second-order valence-electron chi connectivity index (χ2n) is 8.64. The Labute approximate surface area is 207 Å². The number of halogens is 1. The first kappa shape index (κ1) is 25.6. The molecule has 3 rings (SSSR count). The average Bonchev–Trinajstić information content (AvgIpc) is 3.34. The Bertz CT molecular complexity index is 869. The van der Waals surface area contributed by atoms with E-state index in [2.05, 4.69) is 17.4 Å². The van der Waals surface area contributed by atoms with E-state index in [9.17, 15) is 9.59 Å². The number of hydrogen-bond donors (Lipinski definition) is 1. The summed E-state index contributed by atoms with van der Waals surface area (Å²) in [7, 11) is 0. The Morgan fingerprint density at radius 2 is 1.79 bits per heavy atom.